The second kappa shape index (κ2) is 6.55. The van der Waals surface area contributed by atoms with Crippen LogP contribution in [0.2, 0.25) is 0 Å². The molecule has 0 aliphatic carbocycles. The summed E-state index contributed by atoms with van der Waals surface area (Å²) in [7, 11) is 0. The molecule has 0 fully saturated rings. The van der Waals surface area contributed by atoms with Crippen LogP contribution in [0.25, 0.3) is 0 Å². The summed E-state index contributed by atoms with van der Waals surface area (Å²) in [4.78, 5) is 2.24. The third kappa shape index (κ3) is 3.34. The van der Waals surface area contributed by atoms with Gasteiger partial charge in [0, 0.05) is 25.2 Å². The van der Waals surface area contributed by atoms with E-state index in [1.807, 2.05) is 12.1 Å². The molecule has 3 rings (SSSR count). The van der Waals surface area contributed by atoms with E-state index in [1.54, 1.807) is 0 Å². The van der Waals surface area contributed by atoms with Gasteiger partial charge in [-0.05, 0) is 42.2 Å². The molecule has 0 amide bonds. The summed E-state index contributed by atoms with van der Waals surface area (Å²) in [5.41, 5.74) is 2.72. The van der Waals surface area contributed by atoms with Crippen molar-refractivity contribution in [3.63, 3.8) is 0 Å². The smallest absolute Gasteiger partial charge is 0.129 e. The second-order valence-corrected chi connectivity index (χ2v) is 5.77. The van der Waals surface area contributed by atoms with Crippen LogP contribution in [-0.2, 0) is 13.0 Å². The largest absolute Gasteiger partial charge is 0.388 e. The monoisotopic (exact) mass is 303 g/mol. The maximum absolute atomic E-state index is 13.6. The Hall–Kier alpha value is -1.78. The molecule has 4 heteroatoms. The van der Waals surface area contributed by atoms with Crippen molar-refractivity contribution in [3.05, 3.63) is 70.8 Å². The number of rotatable bonds is 4. The van der Waals surface area contributed by atoms with Crippen molar-refractivity contribution in [1.29, 1.82) is 0 Å². The molecule has 0 bridgehead atoms. The number of hydrogen-bond acceptors (Lipinski definition) is 2. The van der Waals surface area contributed by atoms with Gasteiger partial charge in [0.15, 0.2) is 0 Å². The summed E-state index contributed by atoms with van der Waals surface area (Å²) < 4.78 is 26.8. The topological polar surface area (TPSA) is 23.5 Å². The molecule has 1 heterocycles. The van der Waals surface area contributed by atoms with E-state index in [9.17, 15) is 13.9 Å². The number of fused-ring (bicyclic) bond motifs is 1. The number of nitrogens with zero attached hydrogens (tertiary/aromatic N) is 1. The van der Waals surface area contributed by atoms with Crippen molar-refractivity contribution >= 4 is 0 Å². The highest BCUT2D eigenvalue weighted by Crippen LogP contribution is 2.23. The van der Waals surface area contributed by atoms with E-state index < -0.39 is 17.7 Å². The summed E-state index contributed by atoms with van der Waals surface area (Å²) in [6.07, 6.45) is 0.399. The first kappa shape index (κ1) is 15.1. The van der Waals surface area contributed by atoms with E-state index in [0.717, 1.165) is 37.7 Å². The molecule has 0 saturated heterocycles. The number of benzene rings is 2. The van der Waals surface area contributed by atoms with Gasteiger partial charge in [0.05, 0.1) is 6.10 Å². The molecule has 2 aromatic carbocycles. The molecule has 1 unspecified atom stereocenters. The molecule has 1 atom stereocenters. The van der Waals surface area contributed by atoms with Crippen molar-refractivity contribution in [2.75, 3.05) is 13.1 Å². The maximum atomic E-state index is 13.6. The van der Waals surface area contributed by atoms with E-state index in [2.05, 4.69) is 17.0 Å². The zero-order chi connectivity index (χ0) is 15.5. The van der Waals surface area contributed by atoms with Gasteiger partial charge in [-0.1, -0.05) is 24.3 Å². The molecule has 22 heavy (non-hydrogen) atoms. The average Bonchev–Trinajstić information content (AvgIpc) is 2.54. The fourth-order valence-electron chi connectivity index (χ4n) is 2.98. The molecular weight excluding hydrogens is 284 g/mol. The summed E-state index contributed by atoms with van der Waals surface area (Å²) in [6.45, 7) is 2.43. The number of hydrogen-bond donors (Lipinski definition) is 1. The predicted octanol–water partition coefficient (Wildman–Crippen LogP) is 3.45. The molecule has 1 N–H and O–H groups in total. The van der Waals surface area contributed by atoms with Crippen LogP contribution in [0.5, 0.6) is 0 Å². The molecule has 0 radical (unpaired) electrons. The standard InChI is InChI=1S/C18H19F2NO/c19-15-5-6-17(20)16(11-15)18(22)8-10-21-9-7-13-3-1-2-4-14(13)12-21/h1-6,11,18,22H,7-10,12H2. The van der Waals surface area contributed by atoms with Crippen LogP contribution in [0.3, 0.4) is 0 Å². The number of aliphatic hydroxyl groups excluding tert-OH is 1. The Labute approximate surface area is 129 Å². The lowest BCUT2D eigenvalue weighted by Gasteiger charge is -2.29. The zero-order valence-corrected chi connectivity index (χ0v) is 12.3. The van der Waals surface area contributed by atoms with Crippen LogP contribution < -0.4 is 0 Å². The fourth-order valence-corrected chi connectivity index (χ4v) is 2.98. The Bertz CT molecular complexity index is 659. The predicted molar refractivity (Wildman–Crippen MR) is 81.4 cm³/mol. The average molecular weight is 303 g/mol. The van der Waals surface area contributed by atoms with Gasteiger partial charge in [-0.25, -0.2) is 8.78 Å². The van der Waals surface area contributed by atoms with Crippen LogP contribution in [0.1, 0.15) is 29.2 Å². The van der Waals surface area contributed by atoms with Gasteiger partial charge in [-0.15, -0.1) is 0 Å². The zero-order valence-electron chi connectivity index (χ0n) is 12.3. The minimum Gasteiger partial charge on any atom is -0.388 e. The molecule has 2 nitrogen and oxygen atoms in total. The van der Waals surface area contributed by atoms with Gasteiger partial charge >= 0.3 is 0 Å². The van der Waals surface area contributed by atoms with Gasteiger partial charge in [0.25, 0.3) is 0 Å². The highest BCUT2D eigenvalue weighted by molar-refractivity contribution is 5.29. The lowest BCUT2D eigenvalue weighted by atomic mass is 9.99. The first-order chi connectivity index (χ1) is 10.6. The maximum Gasteiger partial charge on any atom is 0.129 e. The molecule has 0 spiro atoms. The van der Waals surface area contributed by atoms with E-state index in [0.29, 0.717) is 13.0 Å². The highest BCUT2D eigenvalue weighted by atomic mass is 19.1. The molecule has 0 saturated carbocycles. The Morgan fingerprint density at radius 1 is 1.09 bits per heavy atom. The second-order valence-electron chi connectivity index (χ2n) is 5.77. The minimum atomic E-state index is -0.979. The Kier molecular flexibility index (Phi) is 4.50. The Morgan fingerprint density at radius 2 is 1.86 bits per heavy atom. The SMILES string of the molecule is OC(CCN1CCc2ccccc2C1)c1cc(F)ccc1F. The van der Waals surface area contributed by atoms with Gasteiger partial charge in [0.2, 0.25) is 0 Å². The summed E-state index contributed by atoms with van der Waals surface area (Å²) in [5.74, 6) is -1.08. The first-order valence-electron chi connectivity index (χ1n) is 7.55. The normalized spacial score (nSPS) is 16.3. The lowest BCUT2D eigenvalue weighted by Crippen LogP contribution is -2.32. The van der Waals surface area contributed by atoms with Crippen molar-refractivity contribution in [3.8, 4) is 0 Å². The molecular formula is C18H19F2NO. The Balaban J connectivity index is 1.60. The van der Waals surface area contributed by atoms with Gasteiger partial charge in [0.1, 0.15) is 11.6 Å². The van der Waals surface area contributed by atoms with E-state index >= 15 is 0 Å². The van der Waals surface area contributed by atoms with Crippen LogP contribution >= 0.6 is 0 Å². The molecule has 0 aromatic heterocycles. The quantitative estimate of drug-likeness (QED) is 0.935. The summed E-state index contributed by atoms with van der Waals surface area (Å²) >= 11 is 0. The summed E-state index contributed by atoms with van der Waals surface area (Å²) in [5, 5.41) is 10.1. The van der Waals surface area contributed by atoms with Crippen LogP contribution in [-0.4, -0.2) is 23.1 Å². The third-order valence-electron chi connectivity index (χ3n) is 4.25. The van der Waals surface area contributed by atoms with Gasteiger partial charge in [-0.3, -0.25) is 4.90 Å². The fraction of sp³-hybridized carbons (Fsp3) is 0.333. The Morgan fingerprint density at radius 3 is 2.68 bits per heavy atom. The molecule has 116 valence electrons. The van der Waals surface area contributed by atoms with Crippen molar-refractivity contribution in [2.24, 2.45) is 0 Å². The van der Waals surface area contributed by atoms with Crippen molar-refractivity contribution < 1.29 is 13.9 Å². The van der Waals surface area contributed by atoms with E-state index in [-0.39, 0.29) is 5.56 Å². The molecule has 1 aliphatic heterocycles. The summed E-state index contributed by atoms with van der Waals surface area (Å²) in [6, 6.07) is 11.5. The first-order valence-corrected chi connectivity index (χ1v) is 7.55. The van der Waals surface area contributed by atoms with Gasteiger partial charge in [-0.2, -0.15) is 0 Å². The van der Waals surface area contributed by atoms with E-state index in [4.69, 9.17) is 0 Å². The van der Waals surface area contributed by atoms with Crippen LogP contribution in [0, 0.1) is 11.6 Å². The van der Waals surface area contributed by atoms with Crippen molar-refractivity contribution in [1.82, 2.24) is 4.90 Å². The highest BCUT2D eigenvalue weighted by Gasteiger charge is 2.19. The van der Waals surface area contributed by atoms with E-state index in [1.165, 1.54) is 11.1 Å². The third-order valence-corrected chi connectivity index (χ3v) is 4.25. The van der Waals surface area contributed by atoms with Gasteiger partial charge < -0.3 is 5.11 Å². The minimum absolute atomic E-state index is 0.0393. The van der Waals surface area contributed by atoms with Crippen molar-refractivity contribution in [2.45, 2.75) is 25.5 Å². The lowest BCUT2D eigenvalue weighted by molar-refractivity contribution is 0.134. The number of halogens is 2. The molecule has 2 aromatic rings. The number of aliphatic hydroxyl groups is 1. The van der Waals surface area contributed by atoms with Crippen LogP contribution in [0.4, 0.5) is 8.78 Å². The van der Waals surface area contributed by atoms with Crippen LogP contribution in [0.15, 0.2) is 42.5 Å². The molecule has 1 aliphatic rings.